The smallest absolute Gasteiger partial charge is 0.220 e. The van der Waals surface area contributed by atoms with E-state index in [1.54, 1.807) is 0 Å². The van der Waals surface area contributed by atoms with E-state index < -0.39 is 0 Å². The third-order valence-corrected chi connectivity index (χ3v) is 6.71. The van der Waals surface area contributed by atoms with E-state index in [2.05, 4.69) is 26.1 Å². The highest BCUT2D eigenvalue weighted by atomic mass is 16.1. The lowest BCUT2D eigenvalue weighted by atomic mass is 10.0. The quantitative estimate of drug-likeness (QED) is 0.130. The molecule has 0 aliphatic carbocycles. The molecule has 0 heterocycles. The van der Waals surface area contributed by atoms with Crippen LogP contribution in [0.2, 0.25) is 0 Å². The maximum atomic E-state index is 11.7. The minimum absolute atomic E-state index is 0.238. The third-order valence-electron chi connectivity index (χ3n) is 6.71. The minimum atomic E-state index is 0.238. The van der Waals surface area contributed by atoms with Crippen molar-refractivity contribution in [1.82, 2.24) is 5.32 Å². The Kier molecular flexibility index (Phi) is 26.3. The zero-order valence-corrected chi connectivity index (χ0v) is 22.7. The fourth-order valence-electron chi connectivity index (χ4n) is 4.48. The van der Waals surface area contributed by atoms with E-state index in [1.807, 2.05) is 0 Å². The van der Waals surface area contributed by atoms with Gasteiger partial charge in [0.2, 0.25) is 5.91 Å². The number of hydrogen-bond donors (Lipinski definition) is 1. The molecule has 0 atom stereocenters. The second-order valence-corrected chi connectivity index (χ2v) is 10.7. The number of carbonyl (C=O) groups excluding carboxylic acids is 1. The molecule has 0 aromatic rings. The number of nitrogens with one attached hydrogen (secondary N) is 1. The van der Waals surface area contributed by atoms with Crippen LogP contribution in [0, 0.1) is 5.92 Å². The van der Waals surface area contributed by atoms with Crippen molar-refractivity contribution in [3.8, 4) is 0 Å². The second kappa shape index (κ2) is 26.7. The Balaban J connectivity index is 3.07. The maximum Gasteiger partial charge on any atom is 0.220 e. The molecule has 192 valence electrons. The van der Waals surface area contributed by atoms with Crippen molar-refractivity contribution in [2.24, 2.45) is 5.92 Å². The molecular formula is C30H61NO. The normalized spacial score (nSPS) is 11.4. The Labute approximate surface area is 203 Å². The highest BCUT2D eigenvalue weighted by molar-refractivity contribution is 5.75. The summed E-state index contributed by atoms with van der Waals surface area (Å²) in [6.45, 7) is 7.39. The van der Waals surface area contributed by atoms with Gasteiger partial charge in [0, 0.05) is 13.0 Å². The fourth-order valence-corrected chi connectivity index (χ4v) is 4.48. The van der Waals surface area contributed by atoms with Crippen LogP contribution in [-0.4, -0.2) is 12.5 Å². The lowest BCUT2D eigenvalue weighted by molar-refractivity contribution is -0.121. The van der Waals surface area contributed by atoms with Crippen LogP contribution in [0.3, 0.4) is 0 Å². The first-order valence-corrected chi connectivity index (χ1v) is 14.9. The van der Waals surface area contributed by atoms with Gasteiger partial charge in [0.25, 0.3) is 0 Å². The molecule has 0 spiro atoms. The van der Waals surface area contributed by atoms with Crippen molar-refractivity contribution in [1.29, 1.82) is 0 Å². The minimum Gasteiger partial charge on any atom is -0.356 e. The van der Waals surface area contributed by atoms with Crippen LogP contribution in [0.1, 0.15) is 175 Å². The predicted octanol–water partition coefficient (Wildman–Crippen LogP) is 10.1. The molecule has 1 N–H and O–H groups in total. The van der Waals surface area contributed by atoms with Gasteiger partial charge in [-0.2, -0.15) is 0 Å². The number of amides is 1. The molecular weight excluding hydrogens is 390 g/mol. The first-order chi connectivity index (χ1) is 15.7. The average Bonchev–Trinajstić information content (AvgIpc) is 2.78. The van der Waals surface area contributed by atoms with Crippen LogP contribution in [0.15, 0.2) is 0 Å². The summed E-state index contributed by atoms with van der Waals surface area (Å²) in [4.78, 5) is 11.7. The number of hydrogen-bond acceptors (Lipinski definition) is 1. The van der Waals surface area contributed by atoms with E-state index in [1.165, 1.54) is 141 Å². The van der Waals surface area contributed by atoms with Crippen LogP contribution in [0.5, 0.6) is 0 Å². The Morgan fingerprint density at radius 1 is 0.500 bits per heavy atom. The highest BCUT2D eigenvalue weighted by Crippen LogP contribution is 2.15. The van der Waals surface area contributed by atoms with Gasteiger partial charge in [-0.1, -0.05) is 162 Å². The summed E-state index contributed by atoms with van der Waals surface area (Å²) in [6, 6.07) is 0. The van der Waals surface area contributed by atoms with Gasteiger partial charge in [0.1, 0.15) is 0 Å². The molecule has 0 saturated carbocycles. The predicted molar refractivity (Wildman–Crippen MR) is 144 cm³/mol. The van der Waals surface area contributed by atoms with E-state index >= 15 is 0 Å². The lowest BCUT2D eigenvalue weighted by Gasteiger charge is -2.07. The van der Waals surface area contributed by atoms with Gasteiger partial charge < -0.3 is 5.32 Å². The van der Waals surface area contributed by atoms with Gasteiger partial charge in [-0.25, -0.2) is 0 Å². The third kappa shape index (κ3) is 27.5. The summed E-state index contributed by atoms with van der Waals surface area (Å²) < 4.78 is 0. The Morgan fingerprint density at radius 3 is 1.06 bits per heavy atom. The molecule has 0 aliphatic heterocycles. The zero-order valence-electron chi connectivity index (χ0n) is 22.7. The molecule has 2 heteroatoms. The molecule has 1 amide bonds. The molecule has 0 unspecified atom stereocenters. The van der Waals surface area contributed by atoms with Gasteiger partial charge in [-0.15, -0.1) is 0 Å². The van der Waals surface area contributed by atoms with Crippen molar-refractivity contribution in [2.45, 2.75) is 175 Å². The van der Waals surface area contributed by atoms with Crippen molar-refractivity contribution < 1.29 is 4.79 Å². The Hall–Kier alpha value is -0.530. The fraction of sp³-hybridized carbons (Fsp3) is 0.967. The Bertz CT molecular complexity index is 366. The van der Waals surface area contributed by atoms with Gasteiger partial charge in [-0.05, 0) is 12.3 Å². The van der Waals surface area contributed by atoms with E-state index in [0.29, 0.717) is 12.3 Å². The van der Waals surface area contributed by atoms with Crippen molar-refractivity contribution >= 4 is 5.91 Å². The van der Waals surface area contributed by atoms with Crippen LogP contribution >= 0.6 is 0 Å². The summed E-state index contributed by atoms with van der Waals surface area (Å²) in [5.74, 6) is 0.788. The summed E-state index contributed by atoms with van der Waals surface area (Å²) in [7, 11) is 0. The first-order valence-electron chi connectivity index (χ1n) is 14.9. The van der Waals surface area contributed by atoms with Crippen LogP contribution < -0.4 is 5.32 Å². The van der Waals surface area contributed by atoms with E-state index in [0.717, 1.165) is 13.0 Å². The van der Waals surface area contributed by atoms with E-state index in [-0.39, 0.29) is 5.91 Å². The summed E-state index contributed by atoms with van der Waals surface area (Å²) in [5, 5.41) is 3.01. The number of carbonyl (C=O) groups is 1. The second-order valence-electron chi connectivity index (χ2n) is 10.7. The first kappa shape index (κ1) is 31.5. The van der Waals surface area contributed by atoms with Gasteiger partial charge in [0.05, 0.1) is 0 Å². The number of rotatable bonds is 26. The SMILES string of the molecule is CCCCCCCCCCCCCCCCCCCCCCCCCC(=O)NCC(C)C. The van der Waals surface area contributed by atoms with Crippen molar-refractivity contribution in [3.63, 3.8) is 0 Å². The highest BCUT2D eigenvalue weighted by Gasteiger charge is 2.02. The van der Waals surface area contributed by atoms with Gasteiger partial charge in [-0.3, -0.25) is 4.79 Å². The zero-order chi connectivity index (χ0) is 23.5. The standard InChI is InChI=1S/C30H61NO/c1-4-5-6-7-8-9-10-11-12-13-14-15-16-17-18-19-20-21-22-23-24-25-26-27-30(32)31-28-29(2)3/h29H,4-28H2,1-3H3,(H,31,32). The molecule has 0 saturated heterocycles. The van der Waals surface area contributed by atoms with E-state index in [4.69, 9.17) is 0 Å². The number of unbranched alkanes of at least 4 members (excludes halogenated alkanes) is 22. The molecule has 0 rings (SSSR count). The summed E-state index contributed by atoms with van der Waals surface area (Å²) in [5.41, 5.74) is 0. The van der Waals surface area contributed by atoms with Gasteiger partial charge in [0.15, 0.2) is 0 Å². The molecule has 0 aromatic carbocycles. The lowest BCUT2D eigenvalue weighted by Crippen LogP contribution is -2.26. The Morgan fingerprint density at radius 2 is 0.781 bits per heavy atom. The van der Waals surface area contributed by atoms with Crippen LogP contribution in [0.4, 0.5) is 0 Å². The summed E-state index contributed by atoms with van der Waals surface area (Å²) >= 11 is 0. The van der Waals surface area contributed by atoms with Crippen LogP contribution in [0.25, 0.3) is 0 Å². The monoisotopic (exact) mass is 451 g/mol. The molecule has 32 heavy (non-hydrogen) atoms. The summed E-state index contributed by atoms with van der Waals surface area (Å²) in [6.07, 6.45) is 33.2. The molecule has 0 aromatic heterocycles. The van der Waals surface area contributed by atoms with Crippen molar-refractivity contribution in [2.75, 3.05) is 6.54 Å². The molecule has 0 aliphatic rings. The molecule has 0 radical (unpaired) electrons. The molecule has 0 fully saturated rings. The van der Waals surface area contributed by atoms with Crippen molar-refractivity contribution in [3.05, 3.63) is 0 Å². The molecule has 2 nitrogen and oxygen atoms in total. The largest absolute Gasteiger partial charge is 0.356 e. The average molecular weight is 452 g/mol. The van der Waals surface area contributed by atoms with Crippen LogP contribution in [-0.2, 0) is 4.79 Å². The molecule has 0 bridgehead atoms. The maximum absolute atomic E-state index is 11.7. The topological polar surface area (TPSA) is 29.1 Å². The van der Waals surface area contributed by atoms with Gasteiger partial charge >= 0.3 is 0 Å². The van der Waals surface area contributed by atoms with E-state index in [9.17, 15) is 4.79 Å².